The Hall–Kier alpha value is -1.06. The van der Waals surface area contributed by atoms with Gasteiger partial charge in [-0.15, -0.1) is 11.8 Å². The van der Waals surface area contributed by atoms with Crippen molar-refractivity contribution in [3.8, 4) is 11.8 Å². The maximum atomic E-state index is 3.93. The maximum absolute atomic E-state index is 3.93. The molecule has 0 fully saturated rings. The lowest BCUT2D eigenvalue weighted by Crippen LogP contribution is -1.76. The number of hydrogen-bond acceptors (Lipinski definition) is 2. The molecular weight excluding hydrogens is 136 g/mol. The molecule has 2 nitrogen and oxygen atoms in total. The van der Waals surface area contributed by atoms with Crippen LogP contribution in [0.25, 0.3) is 0 Å². The van der Waals surface area contributed by atoms with Crippen molar-refractivity contribution >= 4 is 6.01 Å². The van der Waals surface area contributed by atoms with Crippen LogP contribution in [0, 0.1) is 11.8 Å². The van der Waals surface area contributed by atoms with E-state index in [-0.39, 0.29) is 0 Å². The van der Waals surface area contributed by atoms with Crippen LogP contribution in [0.2, 0.25) is 0 Å². The Bertz CT molecular complexity index is 189. The minimum absolute atomic E-state index is 0.716. The normalized spacial score (nSPS) is 7.45. The molecule has 0 aromatic heterocycles. The van der Waals surface area contributed by atoms with E-state index in [0.717, 1.165) is 19.4 Å². The molecule has 0 atom stereocenters. The van der Waals surface area contributed by atoms with Crippen molar-refractivity contribution in [1.29, 1.82) is 0 Å². The third-order valence-electron chi connectivity index (χ3n) is 1.00. The summed E-state index contributed by atoms with van der Waals surface area (Å²) in [4.78, 5) is 7.85. The Labute approximate surface area is 68.4 Å². The third-order valence-corrected chi connectivity index (χ3v) is 1.00. The topological polar surface area (TPSA) is 24.7 Å². The van der Waals surface area contributed by atoms with E-state index in [2.05, 4.69) is 34.8 Å². The molecule has 2 heteroatoms. The molecule has 0 aromatic rings. The zero-order valence-electron chi connectivity index (χ0n) is 7.22. The number of rotatable bonds is 4. The van der Waals surface area contributed by atoms with Crippen LogP contribution in [0.15, 0.2) is 9.98 Å². The van der Waals surface area contributed by atoms with Crippen LogP contribution in [0.5, 0.6) is 0 Å². The molecular formula is C9H14N2. The fraction of sp³-hybridized carbons (Fsp3) is 0.667. The van der Waals surface area contributed by atoms with Crippen LogP contribution >= 0.6 is 0 Å². The largest absolute Gasteiger partial charge is 0.226 e. The fourth-order valence-corrected chi connectivity index (χ4v) is 0.499. The van der Waals surface area contributed by atoms with Gasteiger partial charge in [-0.3, -0.25) is 0 Å². The molecule has 0 amide bonds. The third kappa shape index (κ3) is 8.94. The molecule has 0 rings (SSSR count). The molecule has 0 saturated carbocycles. The Kier molecular flexibility index (Phi) is 8.08. The fourth-order valence-electron chi connectivity index (χ4n) is 0.499. The van der Waals surface area contributed by atoms with Crippen molar-refractivity contribution in [1.82, 2.24) is 0 Å². The molecule has 11 heavy (non-hydrogen) atoms. The van der Waals surface area contributed by atoms with Crippen LogP contribution in [0.3, 0.4) is 0 Å². The van der Waals surface area contributed by atoms with Gasteiger partial charge in [0.05, 0.1) is 12.6 Å². The molecule has 0 aliphatic carbocycles. The van der Waals surface area contributed by atoms with E-state index in [0.29, 0.717) is 6.54 Å². The molecule has 0 aromatic carbocycles. The average molecular weight is 150 g/mol. The first kappa shape index (κ1) is 9.94. The molecule has 0 saturated heterocycles. The van der Waals surface area contributed by atoms with Gasteiger partial charge in [0.25, 0.3) is 0 Å². The number of hydrogen-bond donors (Lipinski definition) is 0. The summed E-state index contributed by atoms with van der Waals surface area (Å²) in [5, 5.41) is 0. The molecule has 0 unspecified atom stereocenters. The second-order valence-electron chi connectivity index (χ2n) is 2.04. The summed E-state index contributed by atoms with van der Waals surface area (Å²) in [6, 6.07) is 2.63. The lowest BCUT2D eigenvalue weighted by molar-refractivity contribution is 0.933. The van der Waals surface area contributed by atoms with Crippen LogP contribution in [0.1, 0.15) is 26.7 Å². The van der Waals surface area contributed by atoms with E-state index in [1.165, 1.54) is 0 Å². The van der Waals surface area contributed by atoms with Crippen molar-refractivity contribution in [2.75, 3.05) is 13.1 Å². The second kappa shape index (κ2) is 8.94. The smallest absolute Gasteiger partial charge is 0.0892 e. The van der Waals surface area contributed by atoms with Gasteiger partial charge in [0.1, 0.15) is 0 Å². The highest BCUT2D eigenvalue weighted by atomic mass is 14.8. The highest BCUT2D eigenvalue weighted by Gasteiger charge is 1.73. The van der Waals surface area contributed by atoms with Gasteiger partial charge in [0.2, 0.25) is 0 Å². The van der Waals surface area contributed by atoms with Crippen molar-refractivity contribution < 1.29 is 0 Å². The summed E-state index contributed by atoms with van der Waals surface area (Å²) in [5.74, 6) is 5.72. The lowest BCUT2D eigenvalue weighted by Gasteiger charge is -1.79. The summed E-state index contributed by atoms with van der Waals surface area (Å²) in [5.41, 5.74) is 0. The molecule has 60 valence electrons. The maximum Gasteiger partial charge on any atom is 0.0892 e. The van der Waals surface area contributed by atoms with Crippen molar-refractivity contribution in [3.63, 3.8) is 0 Å². The molecule has 0 aliphatic heterocycles. The zero-order valence-corrected chi connectivity index (χ0v) is 7.22. The van der Waals surface area contributed by atoms with Crippen molar-refractivity contribution in [2.24, 2.45) is 9.98 Å². The monoisotopic (exact) mass is 150 g/mol. The van der Waals surface area contributed by atoms with Gasteiger partial charge in [0, 0.05) is 13.0 Å². The first-order valence-corrected chi connectivity index (χ1v) is 3.89. The standard InChI is InChI=1S/C9H14N2/c1-3-5-6-8-11-9-10-7-4-2/h4,6-8H2,1-2H3. The van der Waals surface area contributed by atoms with Crippen LogP contribution in [-0.2, 0) is 0 Å². The first-order chi connectivity index (χ1) is 5.41. The molecule has 0 bridgehead atoms. The number of aliphatic imine (C=N–C) groups is 2. The van der Waals surface area contributed by atoms with E-state index in [9.17, 15) is 0 Å². The van der Waals surface area contributed by atoms with Gasteiger partial charge < -0.3 is 0 Å². The summed E-state index contributed by atoms with van der Waals surface area (Å²) in [6.45, 7) is 5.44. The predicted molar refractivity (Wildman–Crippen MR) is 48.0 cm³/mol. The second-order valence-corrected chi connectivity index (χ2v) is 2.04. The minimum Gasteiger partial charge on any atom is -0.226 e. The Morgan fingerprint density at radius 2 is 1.91 bits per heavy atom. The van der Waals surface area contributed by atoms with E-state index >= 15 is 0 Å². The Balaban J connectivity index is 3.33. The summed E-state index contributed by atoms with van der Waals surface area (Å²) in [7, 11) is 0. The Morgan fingerprint density at radius 1 is 1.18 bits per heavy atom. The average Bonchev–Trinajstić information content (AvgIpc) is 2.03. The van der Waals surface area contributed by atoms with Gasteiger partial charge in [-0.05, 0) is 13.3 Å². The van der Waals surface area contributed by atoms with E-state index in [4.69, 9.17) is 0 Å². The summed E-state index contributed by atoms with van der Waals surface area (Å²) in [6.07, 6.45) is 1.86. The van der Waals surface area contributed by atoms with Gasteiger partial charge in [-0.25, -0.2) is 9.98 Å². The summed E-state index contributed by atoms with van der Waals surface area (Å²) >= 11 is 0. The first-order valence-electron chi connectivity index (χ1n) is 3.89. The molecule has 0 heterocycles. The van der Waals surface area contributed by atoms with Crippen LogP contribution < -0.4 is 0 Å². The van der Waals surface area contributed by atoms with E-state index in [1.54, 1.807) is 0 Å². The highest BCUT2D eigenvalue weighted by molar-refractivity contribution is 5.40. The zero-order chi connectivity index (χ0) is 8.36. The van der Waals surface area contributed by atoms with Gasteiger partial charge in [0.15, 0.2) is 0 Å². The van der Waals surface area contributed by atoms with Crippen LogP contribution in [-0.4, -0.2) is 19.1 Å². The molecule has 0 spiro atoms. The molecule has 0 N–H and O–H groups in total. The van der Waals surface area contributed by atoms with Crippen molar-refractivity contribution in [3.05, 3.63) is 0 Å². The molecule has 0 aliphatic rings. The van der Waals surface area contributed by atoms with Gasteiger partial charge >= 0.3 is 0 Å². The van der Waals surface area contributed by atoms with Gasteiger partial charge in [-0.1, -0.05) is 6.92 Å². The van der Waals surface area contributed by atoms with Gasteiger partial charge in [-0.2, -0.15) is 0 Å². The predicted octanol–water partition coefficient (Wildman–Crippen LogP) is 1.98. The quantitative estimate of drug-likeness (QED) is 0.332. The van der Waals surface area contributed by atoms with E-state index in [1.807, 2.05) is 6.92 Å². The number of nitrogens with zero attached hydrogens (tertiary/aromatic N) is 2. The van der Waals surface area contributed by atoms with Crippen LogP contribution in [0.4, 0.5) is 0 Å². The Morgan fingerprint density at radius 3 is 2.55 bits per heavy atom. The lowest BCUT2D eigenvalue weighted by atomic mass is 10.4. The SMILES string of the molecule is CC#CCCN=C=NCCC. The highest BCUT2D eigenvalue weighted by Crippen LogP contribution is 1.77. The van der Waals surface area contributed by atoms with Crippen molar-refractivity contribution in [2.45, 2.75) is 26.7 Å². The summed E-state index contributed by atoms with van der Waals surface area (Å²) < 4.78 is 0. The molecule has 0 radical (unpaired) electrons. The van der Waals surface area contributed by atoms with E-state index < -0.39 is 0 Å². The minimum atomic E-state index is 0.716.